The molecule has 1 aromatic heterocycles. The maximum Gasteiger partial charge on any atom is 0.333 e. The van der Waals surface area contributed by atoms with Gasteiger partial charge < -0.3 is 15.2 Å². The summed E-state index contributed by atoms with van der Waals surface area (Å²) in [6.45, 7) is -1.83. The van der Waals surface area contributed by atoms with Gasteiger partial charge in [-0.3, -0.25) is 0 Å². The van der Waals surface area contributed by atoms with Crippen molar-refractivity contribution in [1.29, 1.82) is 0 Å². The minimum absolute atomic E-state index is 0.410. The van der Waals surface area contributed by atoms with Crippen LogP contribution in [0.2, 0.25) is 0 Å². The van der Waals surface area contributed by atoms with Crippen LogP contribution in [0.15, 0.2) is 24.5 Å². The molecule has 0 unspecified atom stereocenters. The molecule has 0 radical (unpaired) electrons. The lowest BCUT2D eigenvalue weighted by Crippen LogP contribution is -2.16. The number of benzene rings is 1. The molecule has 1 aliphatic heterocycles. The number of rotatable bonds is 2. The van der Waals surface area contributed by atoms with Crippen LogP contribution in [0.1, 0.15) is 6.55 Å². The van der Waals surface area contributed by atoms with Gasteiger partial charge in [-0.25, -0.2) is 4.68 Å². The van der Waals surface area contributed by atoms with Crippen molar-refractivity contribution in [1.82, 2.24) is 9.78 Å². The molecule has 0 spiro atoms. The molecule has 0 bridgehead atoms. The van der Waals surface area contributed by atoms with Gasteiger partial charge in [-0.2, -0.15) is 13.9 Å². The fourth-order valence-electron chi connectivity index (χ4n) is 1.97. The zero-order valence-corrected chi connectivity index (χ0v) is 9.85. The molecular formula is C12H11F2N3O2. The number of fused-ring (bicyclic) bond motifs is 1. The number of hydrogen-bond acceptors (Lipinski definition) is 4. The maximum atomic E-state index is 12.5. The summed E-state index contributed by atoms with van der Waals surface area (Å²) in [5, 5.41) is 3.60. The van der Waals surface area contributed by atoms with Crippen LogP contribution in [-0.2, 0) is 0 Å². The Bertz CT molecular complexity index is 613. The highest BCUT2D eigenvalue weighted by molar-refractivity contribution is 5.77. The van der Waals surface area contributed by atoms with Gasteiger partial charge in [-0.1, -0.05) is 0 Å². The van der Waals surface area contributed by atoms with E-state index in [-0.39, 0.29) is 0 Å². The van der Waals surface area contributed by atoms with Crippen LogP contribution in [0, 0.1) is 0 Å². The second kappa shape index (κ2) is 4.42. The lowest BCUT2D eigenvalue weighted by atomic mass is 10.1. The number of ether oxygens (including phenoxy) is 2. The minimum atomic E-state index is -2.68. The number of alkyl halides is 2. The van der Waals surface area contributed by atoms with E-state index in [1.807, 2.05) is 0 Å². The van der Waals surface area contributed by atoms with Crippen LogP contribution in [0.4, 0.5) is 14.5 Å². The Morgan fingerprint density at radius 3 is 2.79 bits per heavy atom. The zero-order valence-electron chi connectivity index (χ0n) is 9.85. The van der Waals surface area contributed by atoms with Gasteiger partial charge in [0.25, 0.3) is 0 Å². The predicted molar refractivity (Wildman–Crippen MR) is 64.3 cm³/mol. The van der Waals surface area contributed by atoms with Crippen molar-refractivity contribution in [2.45, 2.75) is 6.55 Å². The number of halogens is 2. The molecule has 2 aromatic rings. The van der Waals surface area contributed by atoms with Gasteiger partial charge in [0.15, 0.2) is 11.5 Å². The van der Waals surface area contributed by atoms with E-state index in [9.17, 15) is 8.78 Å². The number of nitrogens with zero attached hydrogens (tertiary/aromatic N) is 2. The third-order valence-corrected chi connectivity index (χ3v) is 2.78. The van der Waals surface area contributed by atoms with Crippen molar-refractivity contribution >= 4 is 5.69 Å². The number of hydrogen-bond donors (Lipinski definition) is 1. The minimum Gasteiger partial charge on any atom is -0.486 e. The Morgan fingerprint density at radius 1 is 1.26 bits per heavy atom. The van der Waals surface area contributed by atoms with Crippen LogP contribution in [-0.4, -0.2) is 23.0 Å². The zero-order chi connectivity index (χ0) is 13.4. The van der Waals surface area contributed by atoms with Crippen LogP contribution in [0.25, 0.3) is 11.1 Å². The van der Waals surface area contributed by atoms with Crippen molar-refractivity contribution in [2.75, 3.05) is 18.9 Å². The highest BCUT2D eigenvalue weighted by Gasteiger charge is 2.20. The lowest BCUT2D eigenvalue weighted by molar-refractivity contribution is 0.0566. The molecule has 19 heavy (non-hydrogen) atoms. The van der Waals surface area contributed by atoms with E-state index in [0.717, 1.165) is 0 Å². The monoisotopic (exact) mass is 267 g/mol. The number of aromatic nitrogens is 2. The number of anilines is 1. The molecule has 2 N–H and O–H groups in total. The second-order valence-corrected chi connectivity index (χ2v) is 4.08. The first-order valence-corrected chi connectivity index (χ1v) is 5.67. The van der Waals surface area contributed by atoms with Crippen molar-refractivity contribution in [3.8, 4) is 22.6 Å². The van der Waals surface area contributed by atoms with E-state index in [0.29, 0.717) is 46.2 Å². The van der Waals surface area contributed by atoms with Gasteiger partial charge in [-0.15, -0.1) is 0 Å². The van der Waals surface area contributed by atoms with Gasteiger partial charge in [0, 0.05) is 29.1 Å². The van der Waals surface area contributed by atoms with Crippen LogP contribution in [0.3, 0.4) is 0 Å². The molecule has 0 fully saturated rings. The van der Waals surface area contributed by atoms with Crippen LogP contribution in [0.5, 0.6) is 11.5 Å². The van der Waals surface area contributed by atoms with Gasteiger partial charge in [0.1, 0.15) is 13.2 Å². The summed E-state index contributed by atoms with van der Waals surface area (Å²) in [6.07, 6.45) is 2.59. The molecule has 5 nitrogen and oxygen atoms in total. The summed E-state index contributed by atoms with van der Waals surface area (Å²) in [7, 11) is 0. The average molecular weight is 267 g/mol. The van der Waals surface area contributed by atoms with Gasteiger partial charge in [0.2, 0.25) is 0 Å². The molecule has 1 aromatic carbocycles. The van der Waals surface area contributed by atoms with Crippen molar-refractivity contribution in [3.05, 3.63) is 24.5 Å². The summed E-state index contributed by atoms with van der Waals surface area (Å²) < 4.78 is 36.6. The predicted octanol–water partition coefficient (Wildman–Crippen LogP) is 2.30. The highest BCUT2D eigenvalue weighted by atomic mass is 19.3. The Kier molecular flexibility index (Phi) is 2.73. The Balaban J connectivity index is 2.10. The third kappa shape index (κ3) is 2.07. The molecule has 0 saturated heterocycles. The van der Waals surface area contributed by atoms with Crippen molar-refractivity contribution in [3.63, 3.8) is 0 Å². The lowest BCUT2D eigenvalue weighted by Gasteiger charge is -2.21. The Labute approximate surface area is 107 Å². The van der Waals surface area contributed by atoms with Crippen molar-refractivity contribution < 1.29 is 18.3 Å². The molecule has 0 aliphatic carbocycles. The summed E-state index contributed by atoms with van der Waals surface area (Å²) in [5.74, 6) is 1.03. The molecule has 0 saturated carbocycles. The topological polar surface area (TPSA) is 62.3 Å². The third-order valence-electron chi connectivity index (χ3n) is 2.78. The smallest absolute Gasteiger partial charge is 0.333 e. The SMILES string of the molecule is Nc1cc2c(c(-c3cnn(C(F)F)c3)c1)OCCO2. The molecule has 2 heterocycles. The number of nitrogens with two attached hydrogens (primary N) is 1. The average Bonchev–Trinajstić information content (AvgIpc) is 2.87. The number of nitrogen functional groups attached to an aromatic ring is 1. The second-order valence-electron chi connectivity index (χ2n) is 4.08. The van der Waals surface area contributed by atoms with E-state index in [4.69, 9.17) is 15.2 Å². The first-order chi connectivity index (χ1) is 9.15. The summed E-state index contributed by atoms with van der Waals surface area (Å²) in [5.41, 5.74) is 7.36. The summed E-state index contributed by atoms with van der Waals surface area (Å²) in [4.78, 5) is 0. The first kappa shape index (κ1) is 11.8. The molecule has 3 rings (SSSR count). The van der Waals surface area contributed by atoms with Crippen LogP contribution < -0.4 is 15.2 Å². The van der Waals surface area contributed by atoms with Gasteiger partial charge in [0.05, 0.1) is 6.20 Å². The van der Waals surface area contributed by atoms with E-state index in [1.165, 1.54) is 12.4 Å². The Morgan fingerprint density at radius 2 is 2.05 bits per heavy atom. The molecular weight excluding hydrogens is 256 g/mol. The standard InChI is InChI=1S/C12H11F2N3O2/c13-12(14)17-6-7(5-16-17)9-3-8(15)4-10-11(9)19-2-1-18-10/h3-6,12H,1-2,15H2. The van der Waals surface area contributed by atoms with Gasteiger partial charge >= 0.3 is 6.55 Å². The summed E-state index contributed by atoms with van der Waals surface area (Å²) >= 11 is 0. The van der Waals surface area contributed by atoms with E-state index >= 15 is 0 Å². The molecule has 0 amide bonds. The van der Waals surface area contributed by atoms with Crippen molar-refractivity contribution in [2.24, 2.45) is 0 Å². The highest BCUT2D eigenvalue weighted by Crippen LogP contribution is 2.41. The molecule has 7 heteroatoms. The largest absolute Gasteiger partial charge is 0.486 e. The Hall–Kier alpha value is -2.31. The van der Waals surface area contributed by atoms with E-state index in [1.54, 1.807) is 12.1 Å². The first-order valence-electron chi connectivity index (χ1n) is 5.67. The normalized spacial score (nSPS) is 13.8. The van der Waals surface area contributed by atoms with Gasteiger partial charge in [-0.05, 0) is 6.07 Å². The molecule has 0 atom stereocenters. The van der Waals surface area contributed by atoms with E-state index < -0.39 is 6.55 Å². The fourth-order valence-corrected chi connectivity index (χ4v) is 1.97. The molecule has 1 aliphatic rings. The fraction of sp³-hybridized carbons (Fsp3) is 0.250. The summed E-state index contributed by atoms with van der Waals surface area (Å²) in [6, 6.07) is 3.30. The maximum absolute atomic E-state index is 12.5. The van der Waals surface area contributed by atoms with E-state index in [2.05, 4.69) is 5.10 Å². The quantitative estimate of drug-likeness (QED) is 0.848. The molecule has 100 valence electrons. The van der Waals surface area contributed by atoms with Crippen LogP contribution >= 0.6 is 0 Å².